The molecule has 0 unspecified atom stereocenters. The molecule has 25 heavy (non-hydrogen) atoms. The molecule has 0 aromatic heterocycles. The predicted molar refractivity (Wildman–Crippen MR) is 105 cm³/mol. The van der Waals surface area contributed by atoms with E-state index in [1.165, 1.54) is 0 Å². The summed E-state index contributed by atoms with van der Waals surface area (Å²) in [5.41, 5.74) is 2.75. The summed E-state index contributed by atoms with van der Waals surface area (Å²) >= 11 is 0. The van der Waals surface area contributed by atoms with E-state index in [0.29, 0.717) is 17.9 Å². The van der Waals surface area contributed by atoms with Crippen LogP contribution >= 0.6 is 0 Å². The maximum Gasteiger partial charge on any atom is 0.343 e. The maximum absolute atomic E-state index is 12.1. The van der Waals surface area contributed by atoms with E-state index in [9.17, 15) is 4.79 Å². The van der Waals surface area contributed by atoms with Gasteiger partial charge in [-0.15, -0.1) is 0 Å². The molecular weight excluding hydrogens is 328 g/mol. The monoisotopic (exact) mass is 356 g/mol. The zero-order chi connectivity index (χ0) is 18.7. The second-order valence-corrected chi connectivity index (χ2v) is 12.8. The number of carbonyl (C=O) groups excluding carboxylic acids is 1. The Hall–Kier alpha value is -1.91. The van der Waals surface area contributed by atoms with Crippen molar-refractivity contribution in [3.63, 3.8) is 0 Å². The number of aryl methyl sites for hydroxylation is 1. The van der Waals surface area contributed by atoms with Crippen molar-refractivity contribution in [1.29, 1.82) is 0 Å². The van der Waals surface area contributed by atoms with E-state index in [2.05, 4.69) is 33.9 Å². The van der Waals surface area contributed by atoms with Crippen LogP contribution in [0.4, 0.5) is 0 Å². The Labute approximate surface area is 152 Å². The van der Waals surface area contributed by atoms with Gasteiger partial charge in [-0.2, -0.15) is 0 Å². The fourth-order valence-corrected chi connectivity index (χ4v) is 2.95. The Kier molecular flexibility index (Phi) is 5.86. The Morgan fingerprint density at radius 3 is 2.04 bits per heavy atom. The average molecular weight is 357 g/mol. The van der Waals surface area contributed by atoms with Gasteiger partial charge in [0.1, 0.15) is 5.75 Å². The first-order chi connectivity index (χ1) is 11.6. The Bertz CT molecular complexity index is 710. The van der Waals surface area contributed by atoms with Gasteiger partial charge >= 0.3 is 5.97 Å². The van der Waals surface area contributed by atoms with Gasteiger partial charge in [-0.3, -0.25) is 0 Å². The van der Waals surface area contributed by atoms with Gasteiger partial charge < -0.3 is 9.16 Å². The molecule has 0 amide bonds. The number of esters is 1. The molecule has 4 heteroatoms. The fourth-order valence-electron chi connectivity index (χ4n) is 1.99. The molecule has 2 rings (SSSR count). The summed E-state index contributed by atoms with van der Waals surface area (Å²) in [6, 6.07) is 14.9. The lowest BCUT2D eigenvalue weighted by atomic mass is 10.1. The van der Waals surface area contributed by atoms with Gasteiger partial charge in [0, 0.05) is 0 Å². The van der Waals surface area contributed by atoms with E-state index in [1.54, 1.807) is 12.1 Å². The lowest BCUT2D eigenvalue weighted by molar-refractivity contribution is 0.0734. The Balaban J connectivity index is 1.96. The first-order valence-corrected chi connectivity index (χ1v) is 11.5. The second kappa shape index (κ2) is 7.54. The number of rotatable bonds is 5. The molecule has 3 nitrogen and oxygen atoms in total. The number of benzene rings is 2. The van der Waals surface area contributed by atoms with E-state index in [-0.39, 0.29) is 11.0 Å². The van der Waals surface area contributed by atoms with Crippen LogP contribution in [-0.4, -0.2) is 14.3 Å². The van der Waals surface area contributed by atoms with Gasteiger partial charge in [-0.05, 0) is 54.9 Å². The molecule has 0 aliphatic rings. The molecule has 0 fully saturated rings. The van der Waals surface area contributed by atoms with Gasteiger partial charge in [-0.1, -0.05) is 50.6 Å². The number of hydrogen-bond acceptors (Lipinski definition) is 3. The van der Waals surface area contributed by atoms with Crippen LogP contribution in [0.15, 0.2) is 48.5 Å². The molecular formula is C21H28O3Si. The highest BCUT2D eigenvalue weighted by atomic mass is 28.4. The van der Waals surface area contributed by atoms with Gasteiger partial charge in [0.05, 0.1) is 12.2 Å². The zero-order valence-electron chi connectivity index (χ0n) is 16.1. The minimum Gasteiger partial charge on any atom is -0.423 e. The summed E-state index contributed by atoms with van der Waals surface area (Å²) in [5, 5.41) is 0.191. The minimum atomic E-state index is -1.76. The van der Waals surface area contributed by atoms with Crippen LogP contribution in [0.25, 0.3) is 0 Å². The molecule has 2 aromatic carbocycles. The normalized spacial score (nSPS) is 12.1. The summed E-state index contributed by atoms with van der Waals surface area (Å²) in [6.45, 7) is 13.7. The van der Waals surface area contributed by atoms with Crippen molar-refractivity contribution in [1.82, 2.24) is 0 Å². The maximum atomic E-state index is 12.1. The van der Waals surface area contributed by atoms with Crippen LogP contribution in [0.2, 0.25) is 18.1 Å². The standard InChI is InChI=1S/C21H28O3Si/c1-16-7-11-18(12-8-16)20(22)24-19-13-9-17(10-14-19)15-23-25(5,6)21(2,3)4/h7-14H,15H2,1-6H3. The van der Waals surface area contributed by atoms with Crippen molar-refractivity contribution >= 4 is 14.3 Å². The molecule has 0 saturated carbocycles. The van der Waals surface area contributed by atoms with Crippen molar-refractivity contribution < 1.29 is 14.0 Å². The molecule has 0 N–H and O–H groups in total. The fraction of sp³-hybridized carbons (Fsp3) is 0.381. The average Bonchev–Trinajstić information content (AvgIpc) is 2.54. The molecule has 2 aromatic rings. The van der Waals surface area contributed by atoms with E-state index in [1.807, 2.05) is 43.3 Å². The summed E-state index contributed by atoms with van der Waals surface area (Å²) in [5.74, 6) is 0.201. The number of ether oxygens (including phenoxy) is 1. The predicted octanol–water partition coefficient (Wildman–Crippen LogP) is 5.74. The molecule has 0 saturated heterocycles. The third kappa shape index (κ3) is 5.28. The zero-order valence-corrected chi connectivity index (χ0v) is 17.1. The highest BCUT2D eigenvalue weighted by Gasteiger charge is 2.36. The first kappa shape index (κ1) is 19.4. The number of carbonyl (C=O) groups is 1. The van der Waals surface area contributed by atoms with Crippen LogP contribution in [0.3, 0.4) is 0 Å². The van der Waals surface area contributed by atoms with Gasteiger partial charge in [0.25, 0.3) is 0 Å². The van der Waals surface area contributed by atoms with Crippen LogP contribution in [0, 0.1) is 6.92 Å². The van der Waals surface area contributed by atoms with E-state index in [0.717, 1.165) is 11.1 Å². The van der Waals surface area contributed by atoms with Crippen molar-refractivity contribution in [3.8, 4) is 5.75 Å². The summed E-state index contributed by atoms with van der Waals surface area (Å²) in [7, 11) is -1.76. The third-order valence-electron chi connectivity index (χ3n) is 4.83. The van der Waals surface area contributed by atoms with E-state index in [4.69, 9.17) is 9.16 Å². The summed E-state index contributed by atoms with van der Waals surface area (Å²) in [6.07, 6.45) is 0. The molecule has 0 aliphatic carbocycles. The van der Waals surface area contributed by atoms with Crippen LogP contribution in [-0.2, 0) is 11.0 Å². The molecule has 0 spiro atoms. The smallest absolute Gasteiger partial charge is 0.343 e. The largest absolute Gasteiger partial charge is 0.423 e. The van der Waals surface area contributed by atoms with Crippen molar-refractivity contribution in [2.24, 2.45) is 0 Å². The third-order valence-corrected chi connectivity index (χ3v) is 9.31. The van der Waals surface area contributed by atoms with E-state index >= 15 is 0 Å². The SMILES string of the molecule is Cc1ccc(C(=O)Oc2ccc(CO[Si](C)(C)C(C)(C)C)cc2)cc1. The van der Waals surface area contributed by atoms with Crippen LogP contribution in [0.1, 0.15) is 42.3 Å². The lowest BCUT2D eigenvalue weighted by Crippen LogP contribution is -2.40. The minimum absolute atomic E-state index is 0.191. The van der Waals surface area contributed by atoms with Gasteiger partial charge in [0.15, 0.2) is 8.32 Å². The van der Waals surface area contributed by atoms with Gasteiger partial charge in [0.2, 0.25) is 0 Å². The molecule has 0 aliphatic heterocycles. The van der Waals surface area contributed by atoms with E-state index < -0.39 is 8.32 Å². The summed E-state index contributed by atoms with van der Waals surface area (Å²) < 4.78 is 11.6. The Morgan fingerprint density at radius 2 is 1.52 bits per heavy atom. The molecule has 0 heterocycles. The highest BCUT2D eigenvalue weighted by molar-refractivity contribution is 6.74. The topological polar surface area (TPSA) is 35.5 Å². The molecule has 134 valence electrons. The Morgan fingerprint density at radius 1 is 0.960 bits per heavy atom. The highest BCUT2D eigenvalue weighted by Crippen LogP contribution is 2.37. The van der Waals surface area contributed by atoms with Crippen molar-refractivity contribution in [3.05, 3.63) is 65.2 Å². The van der Waals surface area contributed by atoms with Gasteiger partial charge in [-0.25, -0.2) is 4.79 Å². The van der Waals surface area contributed by atoms with Crippen LogP contribution in [0.5, 0.6) is 5.75 Å². The molecule has 0 radical (unpaired) electrons. The quantitative estimate of drug-likeness (QED) is 0.389. The first-order valence-electron chi connectivity index (χ1n) is 8.60. The van der Waals surface area contributed by atoms with Crippen molar-refractivity contribution in [2.45, 2.75) is 52.4 Å². The summed E-state index contributed by atoms with van der Waals surface area (Å²) in [4.78, 5) is 12.1. The molecule has 0 bridgehead atoms. The second-order valence-electron chi connectivity index (χ2n) is 7.95. The lowest BCUT2D eigenvalue weighted by Gasteiger charge is -2.36. The molecule has 0 atom stereocenters. The number of hydrogen-bond donors (Lipinski definition) is 0. The van der Waals surface area contributed by atoms with Crippen molar-refractivity contribution in [2.75, 3.05) is 0 Å². The van der Waals surface area contributed by atoms with Crippen LogP contribution < -0.4 is 4.74 Å².